The summed E-state index contributed by atoms with van der Waals surface area (Å²) in [4.78, 5) is 10.5. The maximum Gasteiger partial charge on any atom is 0.333 e. The number of hydrogen-bond acceptors (Lipinski definition) is 4. The fourth-order valence-electron chi connectivity index (χ4n) is 1.17. The molecule has 2 N–H and O–H groups in total. The Hall–Kier alpha value is -0.650. The number of aliphatic hydroxyl groups is 1. The smallest absolute Gasteiger partial charge is 0.333 e. The molecule has 0 aromatic rings. The average molecular weight is 176 g/mol. The summed E-state index contributed by atoms with van der Waals surface area (Å²) in [5.41, 5.74) is 0. The third kappa shape index (κ3) is 2.17. The van der Waals surface area contributed by atoms with Crippen LogP contribution in [0, 0.1) is 0 Å². The van der Waals surface area contributed by atoms with Crippen molar-refractivity contribution in [3.63, 3.8) is 0 Å². The fraction of sp³-hybridized carbons (Fsp3) is 0.857. The number of carbonyl (C=O) groups is 1. The molecule has 1 aliphatic heterocycles. The van der Waals surface area contributed by atoms with Gasteiger partial charge >= 0.3 is 5.97 Å². The molecule has 0 radical (unpaired) electrons. The van der Waals surface area contributed by atoms with Gasteiger partial charge in [0.25, 0.3) is 0 Å². The summed E-state index contributed by atoms with van der Waals surface area (Å²) < 4.78 is 9.78. The zero-order chi connectivity index (χ0) is 9.14. The van der Waals surface area contributed by atoms with Gasteiger partial charge < -0.3 is 19.7 Å². The Balaban J connectivity index is 2.51. The summed E-state index contributed by atoms with van der Waals surface area (Å²) in [6.07, 6.45) is -1.73. The number of rotatable bonds is 2. The number of aliphatic hydroxyl groups excluding tert-OH is 1. The summed E-state index contributed by atoms with van der Waals surface area (Å²) in [5, 5.41) is 17.8. The van der Waals surface area contributed by atoms with Gasteiger partial charge in [0.05, 0.1) is 6.10 Å². The fourth-order valence-corrected chi connectivity index (χ4v) is 1.17. The van der Waals surface area contributed by atoms with Crippen molar-refractivity contribution in [2.24, 2.45) is 0 Å². The molecule has 70 valence electrons. The molecule has 1 rings (SSSR count). The average Bonchev–Trinajstić information content (AvgIpc) is 2.03. The normalized spacial score (nSPS) is 36.3. The van der Waals surface area contributed by atoms with E-state index in [0.717, 1.165) is 0 Å². The number of aliphatic carboxylic acids is 1. The molecular formula is C7H12O5. The highest BCUT2D eigenvalue weighted by molar-refractivity contribution is 5.72. The minimum atomic E-state index is -1.06. The first-order chi connectivity index (χ1) is 5.63. The Morgan fingerprint density at radius 3 is 2.75 bits per heavy atom. The molecule has 0 amide bonds. The largest absolute Gasteiger partial charge is 0.479 e. The van der Waals surface area contributed by atoms with E-state index < -0.39 is 24.5 Å². The Morgan fingerprint density at radius 1 is 1.58 bits per heavy atom. The van der Waals surface area contributed by atoms with E-state index in [9.17, 15) is 9.90 Å². The van der Waals surface area contributed by atoms with Gasteiger partial charge in [-0.25, -0.2) is 4.79 Å². The number of methoxy groups -OCH3 is 1. The van der Waals surface area contributed by atoms with Crippen LogP contribution in [0.2, 0.25) is 0 Å². The standard InChI is InChI=1S/C7H12O5/c1-11-6-3-4(8)2-5(12-6)7(9)10/h4-6,8H,2-3H2,1H3,(H,9,10)/t4-,5-,6?/m0/s1. The molecule has 1 fully saturated rings. The molecule has 0 saturated carbocycles. The van der Waals surface area contributed by atoms with Gasteiger partial charge in [-0.15, -0.1) is 0 Å². The lowest BCUT2D eigenvalue weighted by molar-refractivity contribution is -0.213. The second-order valence-electron chi connectivity index (χ2n) is 2.75. The molecule has 0 aromatic carbocycles. The van der Waals surface area contributed by atoms with Crippen molar-refractivity contribution in [2.45, 2.75) is 31.3 Å². The van der Waals surface area contributed by atoms with Crippen LogP contribution in [0.25, 0.3) is 0 Å². The summed E-state index contributed by atoms with van der Waals surface area (Å²) in [7, 11) is 1.42. The van der Waals surface area contributed by atoms with Gasteiger partial charge in [0.2, 0.25) is 0 Å². The highest BCUT2D eigenvalue weighted by Gasteiger charge is 2.32. The predicted molar refractivity (Wildman–Crippen MR) is 38.5 cm³/mol. The maximum atomic E-state index is 10.5. The van der Waals surface area contributed by atoms with Crippen LogP contribution in [0.1, 0.15) is 12.8 Å². The number of carboxylic acid groups (broad SMARTS) is 1. The summed E-state index contributed by atoms with van der Waals surface area (Å²) >= 11 is 0. The zero-order valence-electron chi connectivity index (χ0n) is 6.77. The Morgan fingerprint density at radius 2 is 2.25 bits per heavy atom. The zero-order valence-corrected chi connectivity index (χ0v) is 6.77. The third-order valence-electron chi connectivity index (χ3n) is 1.81. The minimum absolute atomic E-state index is 0.134. The molecule has 5 heteroatoms. The third-order valence-corrected chi connectivity index (χ3v) is 1.81. The number of ether oxygens (including phenoxy) is 2. The van der Waals surface area contributed by atoms with Crippen LogP contribution in [0.3, 0.4) is 0 Å². The highest BCUT2D eigenvalue weighted by Crippen LogP contribution is 2.19. The van der Waals surface area contributed by atoms with Crippen molar-refractivity contribution < 1.29 is 24.5 Å². The lowest BCUT2D eigenvalue weighted by Crippen LogP contribution is -2.40. The number of hydrogen-bond donors (Lipinski definition) is 2. The van der Waals surface area contributed by atoms with E-state index in [1.807, 2.05) is 0 Å². The van der Waals surface area contributed by atoms with Gasteiger partial charge in [-0.05, 0) is 0 Å². The number of carboxylic acids is 1. The van der Waals surface area contributed by atoms with Crippen LogP contribution in [-0.4, -0.2) is 41.8 Å². The van der Waals surface area contributed by atoms with Crippen molar-refractivity contribution in [2.75, 3.05) is 7.11 Å². The van der Waals surface area contributed by atoms with E-state index in [0.29, 0.717) is 6.42 Å². The first-order valence-corrected chi connectivity index (χ1v) is 3.72. The van der Waals surface area contributed by atoms with Gasteiger partial charge in [-0.1, -0.05) is 0 Å². The van der Waals surface area contributed by atoms with Crippen LogP contribution >= 0.6 is 0 Å². The molecule has 0 bridgehead atoms. The van der Waals surface area contributed by atoms with Crippen molar-refractivity contribution in [3.8, 4) is 0 Å². The Labute approximate surface area is 69.9 Å². The van der Waals surface area contributed by atoms with Crippen LogP contribution in [0.5, 0.6) is 0 Å². The predicted octanol–water partition coefficient (Wildman–Crippen LogP) is -0.417. The van der Waals surface area contributed by atoms with Crippen molar-refractivity contribution >= 4 is 5.97 Å². The van der Waals surface area contributed by atoms with Crippen LogP contribution in [-0.2, 0) is 14.3 Å². The van der Waals surface area contributed by atoms with Crippen LogP contribution in [0.15, 0.2) is 0 Å². The summed E-state index contributed by atoms with van der Waals surface area (Å²) in [5.74, 6) is -1.06. The molecule has 5 nitrogen and oxygen atoms in total. The first kappa shape index (κ1) is 9.44. The Kier molecular flexibility index (Phi) is 3.02. The molecule has 0 spiro atoms. The Bertz CT molecular complexity index is 169. The SMILES string of the molecule is COC1C[C@@H](O)C[C@@H](C(=O)O)O1. The molecule has 3 atom stereocenters. The van der Waals surface area contributed by atoms with E-state index in [-0.39, 0.29) is 6.42 Å². The molecule has 0 aliphatic carbocycles. The van der Waals surface area contributed by atoms with Gasteiger partial charge in [-0.2, -0.15) is 0 Å². The van der Waals surface area contributed by atoms with Gasteiger partial charge in [-0.3, -0.25) is 0 Å². The molecular weight excluding hydrogens is 164 g/mol. The minimum Gasteiger partial charge on any atom is -0.479 e. The highest BCUT2D eigenvalue weighted by atomic mass is 16.7. The van der Waals surface area contributed by atoms with Gasteiger partial charge in [0.1, 0.15) is 0 Å². The molecule has 12 heavy (non-hydrogen) atoms. The lowest BCUT2D eigenvalue weighted by Gasteiger charge is -2.29. The molecule has 0 aromatic heterocycles. The van der Waals surface area contributed by atoms with E-state index in [1.165, 1.54) is 7.11 Å². The van der Waals surface area contributed by atoms with Crippen LogP contribution in [0.4, 0.5) is 0 Å². The van der Waals surface area contributed by atoms with Crippen molar-refractivity contribution in [1.29, 1.82) is 0 Å². The van der Waals surface area contributed by atoms with Gasteiger partial charge in [0, 0.05) is 20.0 Å². The molecule has 1 aliphatic rings. The van der Waals surface area contributed by atoms with E-state index >= 15 is 0 Å². The van der Waals surface area contributed by atoms with Crippen molar-refractivity contribution in [3.05, 3.63) is 0 Å². The second-order valence-corrected chi connectivity index (χ2v) is 2.75. The quantitative estimate of drug-likeness (QED) is 0.597. The second kappa shape index (κ2) is 3.84. The summed E-state index contributed by atoms with van der Waals surface area (Å²) in [6, 6.07) is 0. The molecule has 1 heterocycles. The molecule has 1 saturated heterocycles. The topological polar surface area (TPSA) is 76.0 Å². The van der Waals surface area contributed by atoms with E-state index in [4.69, 9.17) is 14.6 Å². The monoisotopic (exact) mass is 176 g/mol. The summed E-state index contributed by atoms with van der Waals surface area (Å²) in [6.45, 7) is 0. The van der Waals surface area contributed by atoms with Crippen LogP contribution < -0.4 is 0 Å². The first-order valence-electron chi connectivity index (χ1n) is 3.72. The van der Waals surface area contributed by atoms with E-state index in [2.05, 4.69) is 0 Å². The maximum absolute atomic E-state index is 10.5. The van der Waals surface area contributed by atoms with Gasteiger partial charge in [0.15, 0.2) is 12.4 Å². The van der Waals surface area contributed by atoms with Crippen molar-refractivity contribution in [1.82, 2.24) is 0 Å². The molecule has 1 unspecified atom stereocenters. The lowest BCUT2D eigenvalue weighted by atomic mass is 10.1. The van der Waals surface area contributed by atoms with E-state index in [1.54, 1.807) is 0 Å².